The van der Waals surface area contributed by atoms with Crippen LogP contribution in [0.15, 0.2) is 18.2 Å². The number of hydrogen-bond acceptors (Lipinski definition) is 5. The van der Waals surface area contributed by atoms with Gasteiger partial charge in [0.15, 0.2) is 0 Å². The molecule has 7 nitrogen and oxygen atoms in total. The van der Waals surface area contributed by atoms with Crippen LogP contribution in [0.4, 0.5) is 11.6 Å². The summed E-state index contributed by atoms with van der Waals surface area (Å²) in [6.45, 7) is 1.17. The summed E-state index contributed by atoms with van der Waals surface area (Å²) in [6.07, 6.45) is 2.22. The van der Waals surface area contributed by atoms with Gasteiger partial charge in [0.1, 0.15) is 5.60 Å². The molecule has 1 aliphatic heterocycles. The minimum absolute atomic E-state index is 0.0470. The first kappa shape index (κ1) is 11.7. The second-order valence-corrected chi connectivity index (χ2v) is 5.75. The van der Waals surface area contributed by atoms with Gasteiger partial charge in [0, 0.05) is 12.1 Å². The summed E-state index contributed by atoms with van der Waals surface area (Å²) in [7, 11) is 0. The molecule has 2 N–H and O–H groups in total. The molecule has 2 heterocycles. The second kappa shape index (κ2) is 3.69. The molecule has 0 unspecified atom stereocenters. The van der Waals surface area contributed by atoms with E-state index in [9.17, 15) is 15.2 Å². The van der Waals surface area contributed by atoms with Gasteiger partial charge in [-0.3, -0.25) is 10.1 Å². The summed E-state index contributed by atoms with van der Waals surface area (Å²) in [5.41, 5.74) is 0.833. The lowest BCUT2D eigenvalue weighted by atomic mass is 9.89. The highest BCUT2D eigenvalue weighted by Crippen LogP contribution is 2.45. The van der Waals surface area contributed by atoms with E-state index in [0.29, 0.717) is 36.0 Å². The molecule has 2 aromatic rings. The van der Waals surface area contributed by atoms with Crippen LogP contribution in [0.25, 0.3) is 11.0 Å². The Morgan fingerprint density at radius 2 is 2.20 bits per heavy atom. The number of aromatic amines is 1. The summed E-state index contributed by atoms with van der Waals surface area (Å²) in [5.74, 6) is 1.11. The Morgan fingerprint density at radius 1 is 1.45 bits per heavy atom. The van der Waals surface area contributed by atoms with Crippen LogP contribution in [-0.2, 0) is 0 Å². The van der Waals surface area contributed by atoms with E-state index in [-0.39, 0.29) is 5.69 Å². The van der Waals surface area contributed by atoms with Crippen molar-refractivity contribution >= 4 is 22.7 Å². The van der Waals surface area contributed by atoms with Gasteiger partial charge in [-0.1, -0.05) is 0 Å². The Hall–Kier alpha value is -2.15. The van der Waals surface area contributed by atoms with Crippen molar-refractivity contribution in [2.24, 2.45) is 5.92 Å². The molecule has 1 aromatic heterocycles. The van der Waals surface area contributed by atoms with E-state index < -0.39 is 10.5 Å². The number of nitro groups is 1. The van der Waals surface area contributed by atoms with E-state index in [2.05, 4.69) is 9.97 Å². The normalized spacial score (nSPS) is 20.9. The number of nitrogens with zero attached hydrogens (tertiary/aromatic N) is 3. The molecular formula is C13H14N4O3. The number of hydrogen-bond donors (Lipinski definition) is 2. The van der Waals surface area contributed by atoms with E-state index in [1.807, 2.05) is 4.90 Å². The van der Waals surface area contributed by atoms with Crippen LogP contribution >= 0.6 is 0 Å². The number of anilines is 1. The SMILES string of the molecule is O=[N+]([O-])c1ccc2nc(N3CC(O)(C4CC4)C3)[nH]c2c1. The average molecular weight is 274 g/mol. The Kier molecular flexibility index (Phi) is 2.15. The highest BCUT2D eigenvalue weighted by atomic mass is 16.6. The quantitative estimate of drug-likeness (QED) is 0.652. The maximum atomic E-state index is 10.7. The number of benzene rings is 1. The fraction of sp³-hybridized carbons (Fsp3) is 0.462. The average Bonchev–Trinajstić information content (AvgIpc) is 3.14. The van der Waals surface area contributed by atoms with Crippen LogP contribution < -0.4 is 4.90 Å². The van der Waals surface area contributed by atoms with Gasteiger partial charge >= 0.3 is 0 Å². The summed E-state index contributed by atoms with van der Waals surface area (Å²) >= 11 is 0. The fourth-order valence-electron chi connectivity index (χ4n) is 2.89. The topological polar surface area (TPSA) is 95.3 Å². The van der Waals surface area contributed by atoms with Crippen molar-refractivity contribution in [2.75, 3.05) is 18.0 Å². The summed E-state index contributed by atoms with van der Waals surface area (Å²) in [4.78, 5) is 19.8. The van der Waals surface area contributed by atoms with Gasteiger partial charge in [-0.15, -0.1) is 0 Å². The molecule has 2 aliphatic rings. The van der Waals surface area contributed by atoms with Crippen molar-refractivity contribution in [3.63, 3.8) is 0 Å². The van der Waals surface area contributed by atoms with Gasteiger partial charge < -0.3 is 15.0 Å². The van der Waals surface area contributed by atoms with Gasteiger partial charge in [0.25, 0.3) is 5.69 Å². The van der Waals surface area contributed by atoms with Crippen LogP contribution in [0.5, 0.6) is 0 Å². The van der Waals surface area contributed by atoms with Crippen molar-refractivity contribution in [2.45, 2.75) is 18.4 Å². The van der Waals surface area contributed by atoms with E-state index >= 15 is 0 Å². The minimum atomic E-state index is -0.565. The molecule has 2 fully saturated rings. The first-order valence-electron chi connectivity index (χ1n) is 6.67. The number of nitrogens with one attached hydrogen (secondary N) is 1. The highest BCUT2D eigenvalue weighted by Gasteiger charge is 2.52. The molecule has 0 radical (unpaired) electrons. The number of aliphatic hydroxyl groups is 1. The van der Waals surface area contributed by atoms with Crippen LogP contribution in [0.1, 0.15) is 12.8 Å². The molecule has 7 heteroatoms. The third-order valence-corrected chi connectivity index (χ3v) is 4.23. The Labute approximate surface area is 114 Å². The van der Waals surface area contributed by atoms with Crippen molar-refractivity contribution in [1.29, 1.82) is 0 Å². The van der Waals surface area contributed by atoms with Crippen LogP contribution in [0.3, 0.4) is 0 Å². The number of fused-ring (bicyclic) bond motifs is 1. The summed E-state index contributed by atoms with van der Waals surface area (Å²) < 4.78 is 0. The molecule has 104 valence electrons. The Morgan fingerprint density at radius 3 is 2.85 bits per heavy atom. The van der Waals surface area contributed by atoms with Crippen LogP contribution in [0, 0.1) is 16.0 Å². The number of aromatic nitrogens is 2. The summed E-state index contributed by atoms with van der Waals surface area (Å²) in [5, 5.41) is 21.0. The van der Waals surface area contributed by atoms with Gasteiger partial charge in [0.05, 0.1) is 29.0 Å². The minimum Gasteiger partial charge on any atom is -0.386 e. The lowest BCUT2D eigenvalue weighted by Gasteiger charge is -2.46. The molecule has 20 heavy (non-hydrogen) atoms. The first-order chi connectivity index (χ1) is 9.55. The third kappa shape index (κ3) is 1.66. The van der Waals surface area contributed by atoms with E-state index in [1.54, 1.807) is 6.07 Å². The summed E-state index contributed by atoms with van der Waals surface area (Å²) in [6, 6.07) is 4.57. The molecular weight excluding hydrogens is 260 g/mol. The molecule has 1 saturated carbocycles. The molecule has 0 bridgehead atoms. The lowest BCUT2D eigenvalue weighted by molar-refractivity contribution is -0.384. The van der Waals surface area contributed by atoms with Gasteiger partial charge in [-0.25, -0.2) is 4.98 Å². The molecule has 1 aliphatic carbocycles. The number of imidazole rings is 1. The van der Waals surface area contributed by atoms with Crippen LogP contribution in [0.2, 0.25) is 0 Å². The van der Waals surface area contributed by atoms with Gasteiger partial charge in [-0.2, -0.15) is 0 Å². The number of β-amino-alcohol motifs (C(OH)–C–C–N with tert-alkyl or cyclic N) is 1. The molecule has 0 spiro atoms. The highest BCUT2D eigenvalue weighted by molar-refractivity contribution is 5.80. The number of non-ortho nitro benzene ring substituents is 1. The molecule has 4 rings (SSSR count). The van der Waals surface area contributed by atoms with Crippen LogP contribution in [-0.4, -0.2) is 38.7 Å². The zero-order valence-corrected chi connectivity index (χ0v) is 10.7. The van der Waals surface area contributed by atoms with Crippen molar-refractivity contribution in [3.8, 4) is 0 Å². The van der Waals surface area contributed by atoms with Gasteiger partial charge in [-0.05, 0) is 24.8 Å². The van der Waals surface area contributed by atoms with E-state index in [4.69, 9.17) is 0 Å². The third-order valence-electron chi connectivity index (χ3n) is 4.23. The van der Waals surface area contributed by atoms with Crippen molar-refractivity contribution in [3.05, 3.63) is 28.3 Å². The zero-order chi connectivity index (χ0) is 13.9. The fourth-order valence-corrected chi connectivity index (χ4v) is 2.89. The largest absolute Gasteiger partial charge is 0.386 e. The monoisotopic (exact) mass is 274 g/mol. The van der Waals surface area contributed by atoms with E-state index in [1.165, 1.54) is 12.1 Å². The maximum Gasteiger partial charge on any atom is 0.271 e. The molecule has 1 saturated heterocycles. The number of rotatable bonds is 3. The molecule has 1 aromatic carbocycles. The Bertz CT molecular complexity index is 701. The predicted octanol–water partition coefficient (Wildman–Crippen LogP) is 1.43. The number of nitro benzene ring substituents is 1. The predicted molar refractivity (Wildman–Crippen MR) is 72.6 cm³/mol. The maximum absolute atomic E-state index is 10.7. The standard InChI is InChI=1S/C13H14N4O3/c18-13(8-1-2-8)6-16(7-13)12-14-10-4-3-9(17(19)20)5-11(10)15-12/h3-5,8,18H,1-2,6-7H2,(H,14,15). The van der Waals surface area contributed by atoms with Crippen molar-refractivity contribution < 1.29 is 10.0 Å². The Balaban J connectivity index is 1.60. The smallest absolute Gasteiger partial charge is 0.271 e. The second-order valence-electron chi connectivity index (χ2n) is 5.75. The van der Waals surface area contributed by atoms with Crippen molar-refractivity contribution in [1.82, 2.24) is 9.97 Å². The zero-order valence-electron chi connectivity index (χ0n) is 10.7. The number of H-pyrrole nitrogens is 1. The lowest BCUT2D eigenvalue weighted by Crippen LogP contribution is -2.63. The molecule has 0 amide bonds. The van der Waals surface area contributed by atoms with E-state index in [0.717, 1.165) is 12.8 Å². The van der Waals surface area contributed by atoms with Gasteiger partial charge in [0.2, 0.25) is 5.95 Å². The first-order valence-corrected chi connectivity index (χ1v) is 6.67. The molecule has 0 atom stereocenters.